The van der Waals surface area contributed by atoms with Crippen molar-refractivity contribution in [3.8, 4) is 5.69 Å². The summed E-state index contributed by atoms with van der Waals surface area (Å²) in [5, 5.41) is 11.3. The van der Waals surface area contributed by atoms with Crippen molar-refractivity contribution in [1.29, 1.82) is 0 Å². The van der Waals surface area contributed by atoms with Crippen molar-refractivity contribution < 1.29 is 4.74 Å². The summed E-state index contributed by atoms with van der Waals surface area (Å²) in [4.78, 5) is 4.30. The van der Waals surface area contributed by atoms with Gasteiger partial charge in [0, 0.05) is 25.8 Å². The molecule has 0 aliphatic heterocycles. The van der Waals surface area contributed by atoms with Gasteiger partial charge in [-0.25, -0.2) is 4.68 Å². The molecule has 0 atom stereocenters. The van der Waals surface area contributed by atoms with E-state index in [2.05, 4.69) is 58.0 Å². The Bertz CT molecular complexity index is 933. The summed E-state index contributed by atoms with van der Waals surface area (Å²) in [6.45, 7) is 6.64. The Balaban J connectivity index is 1.49. The van der Waals surface area contributed by atoms with Crippen molar-refractivity contribution in [2.24, 2.45) is 4.99 Å². The van der Waals surface area contributed by atoms with E-state index >= 15 is 0 Å². The van der Waals surface area contributed by atoms with E-state index in [-0.39, 0.29) is 0 Å². The van der Waals surface area contributed by atoms with E-state index in [1.165, 1.54) is 5.56 Å². The Kier molecular flexibility index (Phi) is 7.41. The molecule has 1 heterocycles. The van der Waals surface area contributed by atoms with Crippen molar-refractivity contribution in [3.63, 3.8) is 0 Å². The summed E-state index contributed by atoms with van der Waals surface area (Å²) >= 11 is 0. The number of benzene rings is 2. The van der Waals surface area contributed by atoms with Crippen LogP contribution in [0.5, 0.6) is 0 Å². The summed E-state index contributed by atoms with van der Waals surface area (Å²) in [5.74, 6) is 0.747. The van der Waals surface area contributed by atoms with E-state index in [9.17, 15) is 0 Å². The number of aliphatic imine (C=N–C) groups is 1. The van der Waals surface area contributed by atoms with Crippen LogP contribution < -0.4 is 10.6 Å². The van der Waals surface area contributed by atoms with Gasteiger partial charge in [0.15, 0.2) is 5.96 Å². The van der Waals surface area contributed by atoms with Gasteiger partial charge in [-0.3, -0.25) is 4.99 Å². The first-order valence-corrected chi connectivity index (χ1v) is 9.85. The first-order valence-electron chi connectivity index (χ1n) is 9.85. The predicted octanol–water partition coefficient (Wildman–Crippen LogP) is 3.37. The van der Waals surface area contributed by atoms with Gasteiger partial charge in [-0.1, -0.05) is 48.5 Å². The van der Waals surface area contributed by atoms with E-state index in [1.807, 2.05) is 41.9 Å². The van der Waals surface area contributed by atoms with Gasteiger partial charge >= 0.3 is 0 Å². The highest BCUT2D eigenvalue weighted by molar-refractivity contribution is 5.79. The fraction of sp³-hybridized carbons (Fsp3) is 0.304. The van der Waals surface area contributed by atoms with Crippen LogP contribution in [0.25, 0.3) is 5.69 Å². The molecule has 3 rings (SSSR count). The minimum absolute atomic E-state index is 0.609. The van der Waals surface area contributed by atoms with Crippen LogP contribution in [-0.2, 0) is 17.9 Å². The third-order valence-electron chi connectivity index (χ3n) is 4.55. The fourth-order valence-corrected chi connectivity index (χ4v) is 3.15. The largest absolute Gasteiger partial charge is 0.375 e. The molecule has 0 unspecified atom stereocenters. The highest BCUT2D eigenvalue weighted by Crippen LogP contribution is 2.16. The van der Waals surface area contributed by atoms with Gasteiger partial charge in [-0.2, -0.15) is 5.10 Å². The molecule has 0 saturated heterocycles. The SMILES string of the molecule is CN=C(NCCOCc1ccccc1)NCc1ccccc1-n1nc(C)cc1C. The van der Waals surface area contributed by atoms with Crippen LogP contribution in [0.3, 0.4) is 0 Å². The van der Waals surface area contributed by atoms with Crippen LogP contribution >= 0.6 is 0 Å². The summed E-state index contributed by atoms with van der Waals surface area (Å²) in [5.41, 5.74) is 5.54. The van der Waals surface area contributed by atoms with Gasteiger partial charge in [-0.05, 0) is 37.1 Å². The zero-order valence-corrected chi connectivity index (χ0v) is 17.4. The average Bonchev–Trinajstić information content (AvgIpc) is 3.08. The summed E-state index contributed by atoms with van der Waals surface area (Å²) < 4.78 is 7.70. The molecule has 0 radical (unpaired) electrons. The molecule has 6 heteroatoms. The fourth-order valence-electron chi connectivity index (χ4n) is 3.15. The van der Waals surface area contributed by atoms with Crippen molar-refractivity contribution in [3.05, 3.63) is 83.2 Å². The molecule has 0 bridgehead atoms. The quantitative estimate of drug-likeness (QED) is 0.351. The van der Waals surface area contributed by atoms with Crippen molar-refractivity contribution >= 4 is 5.96 Å². The summed E-state index contributed by atoms with van der Waals surface area (Å²) in [6.07, 6.45) is 0. The smallest absolute Gasteiger partial charge is 0.191 e. The number of hydrogen-bond donors (Lipinski definition) is 2. The molecular weight excluding hydrogens is 362 g/mol. The number of guanidine groups is 1. The number of rotatable bonds is 8. The van der Waals surface area contributed by atoms with Crippen LogP contribution in [0.15, 0.2) is 65.7 Å². The summed E-state index contributed by atoms with van der Waals surface area (Å²) in [6, 6.07) is 20.5. The Hall–Kier alpha value is -3.12. The third kappa shape index (κ3) is 5.93. The molecule has 0 fully saturated rings. The van der Waals surface area contributed by atoms with Crippen LogP contribution in [0.2, 0.25) is 0 Å². The summed E-state index contributed by atoms with van der Waals surface area (Å²) in [7, 11) is 1.77. The van der Waals surface area contributed by atoms with E-state index in [1.54, 1.807) is 7.05 Å². The zero-order chi connectivity index (χ0) is 20.5. The van der Waals surface area contributed by atoms with Gasteiger partial charge in [-0.15, -0.1) is 0 Å². The highest BCUT2D eigenvalue weighted by Gasteiger charge is 2.09. The Labute approximate surface area is 172 Å². The molecular formula is C23H29N5O. The van der Waals surface area contributed by atoms with Crippen LogP contribution in [-0.4, -0.2) is 35.9 Å². The normalized spacial score (nSPS) is 11.5. The second-order valence-corrected chi connectivity index (χ2v) is 6.86. The molecule has 2 aromatic carbocycles. The maximum absolute atomic E-state index is 5.71. The molecule has 0 spiro atoms. The number of ether oxygens (including phenoxy) is 1. The number of aryl methyl sites for hydroxylation is 2. The lowest BCUT2D eigenvalue weighted by Gasteiger charge is -2.15. The molecule has 0 aliphatic rings. The monoisotopic (exact) mass is 391 g/mol. The molecule has 0 amide bonds. The lowest BCUT2D eigenvalue weighted by molar-refractivity contribution is 0.125. The maximum Gasteiger partial charge on any atom is 0.191 e. The van der Waals surface area contributed by atoms with Crippen molar-refractivity contribution in [2.45, 2.75) is 27.0 Å². The van der Waals surface area contributed by atoms with Crippen LogP contribution in [0.1, 0.15) is 22.5 Å². The maximum atomic E-state index is 5.71. The molecule has 0 aliphatic carbocycles. The molecule has 2 N–H and O–H groups in total. The Morgan fingerprint density at radius 1 is 1.03 bits per heavy atom. The lowest BCUT2D eigenvalue weighted by atomic mass is 10.1. The van der Waals surface area contributed by atoms with E-state index in [4.69, 9.17) is 4.74 Å². The first kappa shape index (κ1) is 20.6. The highest BCUT2D eigenvalue weighted by atomic mass is 16.5. The van der Waals surface area contributed by atoms with Gasteiger partial charge in [0.2, 0.25) is 0 Å². The number of nitrogens with zero attached hydrogens (tertiary/aromatic N) is 3. The molecule has 152 valence electrons. The van der Waals surface area contributed by atoms with E-state index < -0.39 is 0 Å². The van der Waals surface area contributed by atoms with Crippen molar-refractivity contribution in [2.75, 3.05) is 20.2 Å². The molecule has 1 aromatic heterocycles. The minimum atomic E-state index is 0.609. The second-order valence-electron chi connectivity index (χ2n) is 6.86. The molecule has 29 heavy (non-hydrogen) atoms. The lowest BCUT2D eigenvalue weighted by Crippen LogP contribution is -2.38. The number of hydrogen-bond acceptors (Lipinski definition) is 3. The van der Waals surface area contributed by atoms with Gasteiger partial charge in [0.05, 0.1) is 24.6 Å². The van der Waals surface area contributed by atoms with Crippen LogP contribution in [0, 0.1) is 13.8 Å². The average molecular weight is 392 g/mol. The minimum Gasteiger partial charge on any atom is -0.375 e. The molecule has 6 nitrogen and oxygen atoms in total. The van der Waals surface area contributed by atoms with Crippen molar-refractivity contribution in [1.82, 2.24) is 20.4 Å². The Morgan fingerprint density at radius 3 is 2.52 bits per heavy atom. The van der Waals surface area contributed by atoms with Gasteiger partial charge < -0.3 is 15.4 Å². The van der Waals surface area contributed by atoms with Gasteiger partial charge in [0.25, 0.3) is 0 Å². The number of aromatic nitrogens is 2. The first-order chi connectivity index (χ1) is 14.2. The third-order valence-corrected chi connectivity index (χ3v) is 4.55. The standard InChI is InChI=1S/C23H29N5O/c1-18-15-19(2)28(27-18)22-12-8-7-11-21(22)16-26-23(24-3)25-13-14-29-17-20-9-5-4-6-10-20/h4-12,15H,13-14,16-17H2,1-3H3,(H2,24,25,26). The number of nitrogens with one attached hydrogen (secondary N) is 2. The van der Waals surface area contributed by atoms with Gasteiger partial charge in [0.1, 0.15) is 0 Å². The molecule has 3 aromatic rings. The molecule has 0 saturated carbocycles. The van der Waals surface area contributed by atoms with E-state index in [0.717, 1.165) is 28.6 Å². The Morgan fingerprint density at radius 2 is 1.79 bits per heavy atom. The topological polar surface area (TPSA) is 63.5 Å². The van der Waals surface area contributed by atoms with Crippen LogP contribution in [0.4, 0.5) is 0 Å². The predicted molar refractivity (Wildman–Crippen MR) is 117 cm³/mol. The second kappa shape index (κ2) is 10.4. The zero-order valence-electron chi connectivity index (χ0n) is 17.4. The number of para-hydroxylation sites is 1. The van der Waals surface area contributed by atoms with E-state index in [0.29, 0.717) is 26.3 Å².